The topological polar surface area (TPSA) is 93.1 Å². The quantitative estimate of drug-likeness (QED) is 0.767. The van der Waals surface area contributed by atoms with E-state index in [1.165, 1.54) is 26.4 Å². The van der Waals surface area contributed by atoms with Gasteiger partial charge < -0.3 is 19.7 Å². The minimum atomic E-state index is -0.982. The van der Waals surface area contributed by atoms with E-state index in [0.717, 1.165) is 0 Å². The van der Waals surface area contributed by atoms with Crippen molar-refractivity contribution in [2.45, 2.75) is 12.8 Å². The Morgan fingerprint density at radius 2 is 1.94 bits per heavy atom. The molecule has 0 radical (unpaired) electrons. The van der Waals surface area contributed by atoms with E-state index in [4.69, 9.17) is 9.84 Å². The van der Waals surface area contributed by atoms with Gasteiger partial charge in [-0.25, -0.2) is 4.79 Å². The van der Waals surface area contributed by atoms with Gasteiger partial charge in [0.05, 0.1) is 14.2 Å². The summed E-state index contributed by atoms with van der Waals surface area (Å²) in [4.78, 5) is 22.0. The molecule has 0 saturated carbocycles. The number of carboxylic acids is 1. The fourth-order valence-electron chi connectivity index (χ4n) is 1.49. The highest BCUT2D eigenvalue weighted by Crippen LogP contribution is 2.29. The molecular weight excluding hydrogens is 240 g/mol. The Kier molecular flexibility index (Phi) is 4.53. The molecule has 0 aromatic heterocycles. The van der Waals surface area contributed by atoms with Crippen LogP contribution in [0.4, 0.5) is 0 Å². The molecule has 6 heteroatoms. The standard InChI is InChI=1S/C12H14O6/c1-17-10-6-9(13)7(3-4-11(14)15)5-8(10)12(16)18-2/h5-6,13H,3-4H2,1-2H3,(H,14,15). The zero-order chi connectivity index (χ0) is 13.7. The third-order valence-corrected chi connectivity index (χ3v) is 2.41. The lowest BCUT2D eigenvalue weighted by Gasteiger charge is -2.10. The van der Waals surface area contributed by atoms with Crippen molar-refractivity contribution in [3.05, 3.63) is 23.3 Å². The summed E-state index contributed by atoms with van der Waals surface area (Å²) in [7, 11) is 2.59. The number of carbonyl (C=O) groups excluding carboxylic acids is 1. The molecule has 0 spiro atoms. The van der Waals surface area contributed by atoms with E-state index < -0.39 is 11.9 Å². The van der Waals surface area contributed by atoms with Crippen molar-refractivity contribution in [3.8, 4) is 11.5 Å². The van der Waals surface area contributed by atoms with Gasteiger partial charge in [-0.15, -0.1) is 0 Å². The average Bonchev–Trinajstić information content (AvgIpc) is 2.35. The van der Waals surface area contributed by atoms with Crippen molar-refractivity contribution < 1.29 is 29.3 Å². The van der Waals surface area contributed by atoms with Crippen LogP contribution in [-0.2, 0) is 16.0 Å². The molecule has 0 heterocycles. The number of phenols is 1. The van der Waals surface area contributed by atoms with E-state index in [9.17, 15) is 14.7 Å². The molecule has 0 aliphatic heterocycles. The Balaban J connectivity index is 3.12. The molecular formula is C12H14O6. The fraction of sp³-hybridized carbons (Fsp3) is 0.333. The van der Waals surface area contributed by atoms with E-state index in [1.54, 1.807) is 0 Å². The third kappa shape index (κ3) is 3.13. The van der Waals surface area contributed by atoms with Gasteiger partial charge in [0.25, 0.3) is 0 Å². The maximum absolute atomic E-state index is 11.5. The predicted molar refractivity (Wildman–Crippen MR) is 62.0 cm³/mol. The van der Waals surface area contributed by atoms with Gasteiger partial charge in [0.15, 0.2) is 0 Å². The average molecular weight is 254 g/mol. The second kappa shape index (κ2) is 5.90. The van der Waals surface area contributed by atoms with Crippen LogP contribution in [0.5, 0.6) is 11.5 Å². The number of hydrogen-bond donors (Lipinski definition) is 2. The third-order valence-electron chi connectivity index (χ3n) is 2.41. The maximum Gasteiger partial charge on any atom is 0.341 e. The first-order valence-corrected chi connectivity index (χ1v) is 5.19. The van der Waals surface area contributed by atoms with Gasteiger partial charge in [0.1, 0.15) is 17.1 Å². The Morgan fingerprint density at radius 1 is 1.28 bits per heavy atom. The van der Waals surface area contributed by atoms with Crippen LogP contribution in [0.15, 0.2) is 12.1 Å². The summed E-state index contributed by atoms with van der Waals surface area (Å²) in [6.07, 6.45) is -0.0182. The Bertz CT molecular complexity index is 466. The smallest absolute Gasteiger partial charge is 0.341 e. The molecule has 6 nitrogen and oxygen atoms in total. The largest absolute Gasteiger partial charge is 0.508 e. The first kappa shape index (κ1) is 13.8. The van der Waals surface area contributed by atoms with Crippen molar-refractivity contribution in [3.63, 3.8) is 0 Å². The van der Waals surface area contributed by atoms with Crippen LogP contribution < -0.4 is 4.74 Å². The number of esters is 1. The first-order chi connectivity index (χ1) is 8.49. The fourth-order valence-corrected chi connectivity index (χ4v) is 1.49. The number of rotatable bonds is 5. The van der Waals surface area contributed by atoms with Crippen LogP contribution in [0.3, 0.4) is 0 Å². The van der Waals surface area contributed by atoms with Gasteiger partial charge >= 0.3 is 11.9 Å². The SMILES string of the molecule is COC(=O)c1cc(CCC(=O)O)c(O)cc1OC. The van der Waals surface area contributed by atoms with Crippen molar-refractivity contribution in [1.82, 2.24) is 0 Å². The summed E-state index contributed by atoms with van der Waals surface area (Å²) < 4.78 is 9.53. The van der Waals surface area contributed by atoms with E-state index in [0.29, 0.717) is 5.56 Å². The number of carbonyl (C=O) groups is 2. The van der Waals surface area contributed by atoms with E-state index in [2.05, 4.69) is 4.74 Å². The van der Waals surface area contributed by atoms with Gasteiger partial charge in [0, 0.05) is 12.5 Å². The maximum atomic E-state index is 11.5. The lowest BCUT2D eigenvalue weighted by molar-refractivity contribution is -0.136. The number of hydrogen-bond acceptors (Lipinski definition) is 5. The van der Waals surface area contributed by atoms with Crippen molar-refractivity contribution in [2.75, 3.05) is 14.2 Å². The predicted octanol–water partition coefficient (Wildman–Crippen LogP) is 1.20. The minimum Gasteiger partial charge on any atom is -0.508 e. The molecule has 0 atom stereocenters. The highest BCUT2D eigenvalue weighted by molar-refractivity contribution is 5.93. The summed E-state index contributed by atoms with van der Waals surface area (Å²) in [6, 6.07) is 2.65. The minimum absolute atomic E-state index is 0.110. The zero-order valence-electron chi connectivity index (χ0n) is 10.1. The lowest BCUT2D eigenvalue weighted by Crippen LogP contribution is -2.06. The number of phenolic OH excluding ortho intramolecular Hbond substituents is 1. The summed E-state index contributed by atoms with van der Waals surface area (Å²) in [5.41, 5.74) is 0.511. The first-order valence-electron chi connectivity index (χ1n) is 5.19. The second-order valence-corrected chi connectivity index (χ2v) is 3.57. The number of ether oxygens (including phenoxy) is 2. The molecule has 0 unspecified atom stereocenters. The Hall–Kier alpha value is -2.24. The highest BCUT2D eigenvalue weighted by atomic mass is 16.5. The number of benzene rings is 1. The lowest BCUT2D eigenvalue weighted by atomic mass is 10.0. The molecule has 0 aliphatic rings. The molecule has 0 amide bonds. The van der Waals surface area contributed by atoms with Gasteiger partial charge in [-0.2, -0.15) is 0 Å². The summed E-state index contributed by atoms with van der Waals surface area (Å²) in [5.74, 6) is -1.52. The molecule has 0 saturated heterocycles. The van der Waals surface area contributed by atoms with Crippen molar-refractivity contribution in [1.29, 1.82) is 0 Å². The number of carboxylic acid groups (broad SMARTS) is 1. The summed E-state index contributed by atoms with van der Waals surface area (Å²) in [5, 5.41) is 18.3. The molecule has 1 aromatic rings. The molecule has 1 aromatic carbocycles. The van der Waals surface area contributed by atoms with Gasteiger partial charge in [-0.1, -0.05) is 0 Å². The van der Waals surface area contributed by atoms with Crippen LogP contribution in [0.25, 0.3) is 0 Å². The summed E-state index contributed by atoms with van der Waals surface area (Å²) in [6.45, 7) is 0. The van der Waals surface area contributed by atoms with E-state index in [-0.39, 0.29) is 29.9 Å². The molecule has 18 heavy (non-hydrogen) atoms. The Morgan fingerprint density at radius 3 is 2.44 bits per heavy atom. The van der Waals surface area contributed by atoms with Crippen molar-refractivity contribution in [2.24, 2.45) is 0 Å². The summed E-state index contributed by atoms with van der Waals surface area (Å²) >= 11 is 0. The van der Waals surface area contributed by atoms with Crippen LogP contribution >= 0.6 is 0 Å². The normalized spacial score (nSPS) is 9.89. The van der Waals surface area contributed by atoms with Gasteiger partial charge in [-0.3, -0.25) is 4.79 Å². The molecule has 0 fully saturated rings. The molecule has 1 rings (SSSR count). The molecule has 2 N–H and O–H groups in total. The van der Waals surface area contributed by atoms with Crippen LogP contribution in [-0.4, -0.2) is 36.4 Å². The second-order valence-electron chi connectivity index (χ2n) is 3.57. The number of aryl methyl sites for hydroxylation is 1. The van der Waals surface area contributed by atoms with Crippen LogP contribution in [0, 0.1) is 0 Å². The van der Waals surface area contributed by atoms with E-state index >= 15 is 0 Å². The van der Waals surface area contributed by atoms with E-state index in [1.807, 2.05) is 0 Å². The van der Waals surface area contributed by atoms with Crippen LogP contribution in [0.2, 0.25) is 0 Å². The highest BCUT2D eigenvalue weighted by Gasteiger charge is 2.17. The van der Waals surface area contributed by atoms with Gasteiger partial charge in [0.2, 0.25) is 0 Å². The molecule has 0 aliphatic carbocycles. The van der Waals surface area contributed by atoms with Crippen molar-refractivity contribution >= 4 is 11.9 Å². The van der Waals surface area contributed by atoms with Crippen LogP contribution in [0.1, 0.15) is 22.3 Å². The molecule has 0 bridgehead atoms. The number of aromatic hydroxyl groups is 1. The molecule has 98 valence electrons. The monoisotopic (exact) mass is 254 g/mol. The Labute approximate surface area is 104 Å². The zero-order valence-corrected chi connectivity index (χ0v) is 10.1. The van der Waals surface area contributed by atoms with Gasteiger partial charge in [-0.05, 0) is 18.1 Å². The number of methoxy groups -OCH3 is 2. The number of aliphatic carboxylic acids is 1.